The maximum atomic E-state index is 12.4. The van der Waals surface area contributed by atoms with Gasteiger partial charge in [-0.25, -0.2) is 4.99 Å². The average molecular weight is 553 g/mol. The Bertz CT molecular complexity index is 848. The van der Waals surface area contributed by atoms with E-state index in [1.54, 1.807) is 19.2 Å². The molecule has 2 aromatic rings. The molecule has 0 radical (unpaired) electrons. The van der Waals surface area contributed by atoms with Crippen LogP contribution in [0.15, 0.2) is 47.5 Å². The van der Waals surface area contributed by atoms with Crippen LogP contribution in [0.1, 0.15) is 18.1 Å². The number of halogens is 4. The first-order chi connectivity index (χ1) is 14.3. The number of ether oxygens (including phenoxy) is 3. The van der Waals surface area contributed by atoms with E-state index in [0.717, 1.165) is 16.9 Å². The zero-order valence-corrected chi connectivity index (χ0v) is 19.9. The third-order valence-corrected chi connectivity index (χ3v) is 3.98. The molecule has 0 unspecified atom stereocenters. The first-order valence-corrected chi connectivity index (χ1v) is 9.36. The van der Waals surface area contributed by atoms with E-state index in [1.807, 2.05) is 31.2 Å². The molecule has 2 aromatic carbocycles. The van der Waals surface area contributed by atoms with Gasteiger partial charge in [0, 0.05) is 13.1 Å². The Morgan fingerprint density at radius 2 is 1.74 bits per heavy atom. The number of nitrogens with zero attached hydrogens (tertiary/aromatic N) is 1. The molecule has 0 aliphatic rings. The van der Waals surface area contributed by atoms with E-state index in [4.69, 9.17) is 14.2 Å². The lowest BCUT2D eigenvalue weighted by molar-refractivity contribution is -0.153. The Balaban J connectivity index is 0.00000480. The lowest BCUT2D eigenvalue weighted by Crippen LogP contribution is -2.36. The maximum Gasteiger partial charge on any atom is 0.422 e. The first kappa shape index (κ1) is 26.7. The number of hydrogen-bond acceptors (Lipinski definition) is 4. The molecule has 0 aromatic heterocycles. The van der Waals surface area contributed by atoms with Gasteiger partial charge in [-0.3, -0.25) is 0 Å². The van der Waals surface area contributed by atoms with Crippen molar-refractivity contribution in [3.05, 3.63) is 53.6 Å². The zero-order chi connectivity index (χ0) is 22.0. The molecule has 0 heterocycles. The fraction of sp³-hybridized carbons (Fsp3) is 0.381. The van der Waals surface area contributed by atoms with Gasteiger partial charge in [0.2, 0.25) is 0 Å². The summed E-state index contributed by atoms with van der Waals surface area (Å²) in [6.45, 7) is 2.12. The van der Waals surface area contributed by atoms with E-state index >= 15 is 0 Å². The molecule has 0 amide bonds. The fourth-order valence-corrected chi connectivity index (χ4v) is 2.57. The van der Waals surface area contributed by atoms with Crippen molar-refractivity contribution in [3.63, 3.8) is 0 Å². The summed E-state index contributed by atoms with van der Waals surface area (Å²) < 4.78 is 52.3. The van der Waals surface area contributed by atoms with Crippen LogP contribution in [0.2, 0.25) is 0 Å². The van der Waals surface area contributed by atoms with Crippen LogP contribution < -0.4 is 24.8 Å². The second-order valence-electron chi connectivity index (χ2n) is 6.29. The summed E-state index contributed by atoms with van der Waals surface area (Å²) in [6.07, 6.45) is -4.41. The van der Waals surface area contributed by atoms with Crippen LogP contribution in [0.4, 0.5) is 13.2 Å². The molecule has 2 N–H and O–H groups in total. The third kappa shape index (κ3) is 9.53. The largest absolute Gasteiger partial charge is 0.497 e. The number of alkyl halides is 3. The molecule has 6 nitrogen and oxygen atoms in total. The second-order valence-corrected chi connectivity index (χ2v) is 6.29. The van der Waals surface area contributed by atoms with Crippen molar-refractivity contribution in [2.24, 2.45) is 4.99 Å². The highest BCUT2D eigenvalue weighted by molar-refractivity contribution is 14.0. The summed E-state index contributed by atoms with van der Waals surface area (Å²) in [6, 6.07) is 12.4. The van der Waals surface area contributed by atoms with Crippen molar-refractivity contribution in [2.45, 2.75) is 26.2 Å². The molecule has 0 saturated heterocycles. The van der Waals surface area contributed by atoms with Gasteiger partial charge in [0.15, 0.2) is 24.1 Å². The van der Waals surface area contributed by atoms with Crippen LogP contribution >= 0.6 is 24.0 Å². The number of aliphatic imine (C=N–C) groups is 1. The second kappa shape index (κ2) is 13.1. The van der Waals surface area contributed by atoms with E-state index in [0.29, 0.717) is 25.6 Å². The normalized spacial score (nSPS) is 11.4. The number of hydrogen-bond donors (Lipinski definition) is 2. The summed E-state index contributed by atoms with van der Waals surface area (Å²) in [4.78, 5) is 4.55. The summed E-state index contributed by atoms with van der Waals surface area (Å²) in [5, 5.41) is 6.35. The lowest BCUT2D eigenvalue weighted by Gasteiger charge is -2.15. The molecule has 31 heavy (non-hydrogen) atoms. The predicted octanol–water partition coefficient (Wildman–Crippen LogP) is 4.52. The SMILES string of the molecule is CCNC(=NCc1cccc(OC)c1)NCc1ccc(OCC(F)(F)F)c(OC)c1.I. The van der Waals surface area contributed by atoms with E-state index in [9.17, 15) is 13.2 Å². The Hall–Kier alpha value is -2.37. The van der Waals surface area contributed by atoms with Gasteiger partial charge in [0.05, 0.1) is 20.8 Å². The standard InChI is InChI=1S/C21H26F3N3O3.HI/c1-4-25-20(26-12-15-6-5-7-17(10-15)28-2)27-13-16-8-9-18(19(11-16)29-3)30-14-21(22,23)24;/h5-11H,4,12-14H2,1-3H3,(H2,25,26,27);1H. The van der Waals surface area contributed by atoms with Crippen molar-refractivity contribution in [3.8, 4) is 17.2 Å². The zero-order valence-electron chi connectivity index (χ0n) is 17.6. The van der Waals surface area contributed by atoms with Gasteiger partial charge in [-0.05, 0) is 42.3 Å². The van der Waals surface area contributed by atoms with Gasteiger partial charge in [0.1, 0.15) is 5.75 Å². The van der Waals surface area contributed by atoms with Crippen molar-refractivity contribution in [1.29, 1.82) is 0 Å². The topological polar surface area (TPSA) is 64.1 Å². The molecule has 0 aliphatic carbocycles. The van der Waals surface area contributed by atoms with E-state index in [1.165, 1.54) is 13.2 Å². The van der Waals surface area contributed by atoms with E-state index in [-0.39, 0.29) is 35.5 Å². The number of guanidine groups is 1. The molecule has 172 valence electrons. The van der Waals surface area contributed by atoms with Crippen molar-refractivity contribution >= 4 is 29.9 Å². The molecular formula is C21H27F3IN3O3. The van der Waals surface area contributed by atoms with Gasteiger partial charge in [0.25, 0.3) is 0 Å². The minimum atomic E-state index is -4.41. The number of methoxy groups -OCH3 is 2. The van der Waals surface area contributed by atoms with Gasteiger partial charge < -0.3 is 24.8 Å². The van der Waals surface area contributed by atoms with Crippen molar-refractivity contribution in [2.75, 3.05) is 27.4 Å². The molecule has 10 heteroatoms. The Kier molecular flexibility index (Phi) is 11.3. The van der Waals surface area contributed by atoms with Crippen LogP contribution in [-0.4, -0.2) is 39.5 Å². The fourth-order valence-electron chi connectivity index (χ4n) is 2.57. The van der Waals surface area contributed by atoms with Crippen LogP contribution in [-0.2, 0) is 13.1 Å². The molecule has 0 atom stereocenters. The van der Waals surface area contributed by atoms with Gasteiger partial charge >= 0.3 is 6.18 Å². The van der Waals surface area contributed by atoms with Gasteiger partial charge in [-0.1, -0.05) is 18.2 Å². The maximum absolute atomic E-state index is 12.4. The van der Waals surface area contributed by atoms with Crippen LogP contribution in [0, 0.1) is 0 Å². The van der Waals surface area contributed by atoms with Gasteiger partial charge in [-0.15, -0.1) is 24.0 Å². The van der Waals surface area contributed by atoms with Crippen LogP contribution in [0.3, 0.4) is 0 Å². The van der Waals surface area contributed by atoms with Crippen molar-refractivity contribution in [1.82, 2.24) is 10.6 Å². The minimum Gasteiger partial charge on any atom is -0.497 e. The van der Waals surface area contributed by atoms with Crippen molar-refractivity contribution < 1.29 is 27.4 Å². The molecule has 0 aliphatic heterocycles. The molecular weight excluding hydrogens is 526 g/mol. The summed E-state index contributed by atoms with van der Waals surface area (Å²) in [5.41, 5.74) is 1.80. The summed E-state index contributed by atoms with van der Waals surface area (Å²) >= 11 is 0. The number of rotatable bonds is 9. The predicted molar refractivity (Wildman–Crippen MR) is 125 cm³/mol. The smallest absolute Gasteiger partial charge is 0.422 e. The highest BCUT2D eigenvalue weighted by Crippen LogP contribution is 2.29. The van der Waals surface area contributed by atoms with E-state index in [2.05, 4.69) is 15.6 Å². The molecule has 0 bridgehead atoms. The highest BCUT2D eigenvalue weighted by Gasteiger charge is 2.29. The van der Waals surface area contributed by atoms with Crippen LogP contribution in [0.5, 0.6) is 17.2 Å². The molecule has 0 saturated carbocycles. The first-order valence-electron chi connectivity index (χ1n) is 9.36. The molecule has 2 rings (SSSR count). The molecule has 0 spiro atoms. The Morgan fingerprint density at radius 1 is 0.968 bits per heavy atom. The summed E-state index contributed by atoms with van der Waals surface area (Å²) in [7, 11) is 2.99. The molecule has 0 fully saturated rings. The number of nitrogens with one attached hydrogen (secondary N) is 2. The lowest BCUT2D eigenvalue weighted by atomic mass is 10.2. The highest BCUT2D eigenvalue weighted by atomic mass is 127. The van der Waals surface area contributed by atoms with E-state index < -0.39 is 12.8 Å². The Morgan fingerprint density at radius 3 is 2.39 bits per heavy atom. The number of benzene rings is 2. The quantitative estimate of drug-likeness (QED) is 0.272. The van der Waals surface area contributed by atoms with Crippen LogP contribution in [0.25, 0.3) is 0 Å². The summed E-state index contributed by atoms with van der Waals surface area (Å²) in [5.74, 6) is 1.64. The third-order valence-electron chi connectivity index (χ3n) is 3.98. The Labute approximate surface area is 197 Å². The minimum absolute atomic E-state index is 0. The average Bonchev–Trinajstić information content (AvgIpc) is 2.74. The monoisotopic (exact) mass is 553 g/mol. The van der Waals surface area contributed by atoms with Gasteiger partial charge in [-0.2, -0.15) is 13.2 Å².